The fourth-order valence-electron chi connectivity index (χ4n) is 1.74. The van der Waals surface area contributed by atoms with E-state index in [0.717, 1.165) is 0 Å². The highest BCUT2D eigenvalue weighted by molar-refractivity contribution is 5.08. The molecule has 1 aliphatic carbocycles. The first kappa shape index (κ1) is 12.8. The minimum Gasteiger partial charge on any atom is -0.387 e. The van der Waals surface area contributed by atoms with Crippen LogP contribution in [-0.2, 0) is 4.74 Å². The lowest BCUT2D eigenvalue weighted by Crippen LogP contribution is -2.72. The molecule has 90 valence electrons. The van der Waals surface area contributed by atoms with Crippen LogP contribution in [0.3, 0.4) is 0 Å². The van der Waals surface area contributed by atoms with Crippen LogP contribution in [0.5, 0.6) is 0 Å². The van der Waals surface area contributed by atoms with Gasteiger partial charge < -0.3 is 35.4 Å². The number of rotatable bonds is 2. The predicted octanol–water partition coefficient (Wildman–Crippen LogP) is -3.82. The van der Waals surface area contributed by atoms with Crippen molar-refractivity contribution in [3.8, 4) is 0 Å². The van der Waals surface area contributed by atoms with E-state index >= 15 is 0 Å². The van der Waals surface area contributed by atoms with Crippen LogP contribution in [0.15, 0.2) is 0 Å². The van der Waals surface area contributed by atoms with Crippen molar-refractivity contribution in [2.45, 2.75) is 36.1 Å². The number of methoxy groups -OCH3 is 1. The van der Waals surface area contributed by atoms with Crippen LogP contribution < -0.4 is 0 Å². The standard InChI is InChI=1S/C8H16O7/c1-15-2-8(14)6(12)4(10)3(9)5(11)7(8)13/h3-7,9-14H,2H2,1H3/t3?,4-,5+,6-,7-,8?/m1/s1. The van der Waals surface area contributed by atoms with Crippen molar-refractivity contribution in [3.63, 3.8) is 0 Å². The Balaban J connectivity index is 2.95. The van der Waals surface area contributed by atoms with Gasteiger partial charge in [-0.2, -0.15) is 0 Å². The summed E-state index contributed by atoms with van der Waals surface area (Å²) in [6, 6.07) is 0. The fraction of sp³-hybridized carbons (Fsp3) is 1.00. The van der Waals surface area contributed by atoms with E-state index in [2.05, 4.69) is 4.74 Å². The molecular weight excluding hydrogens is 208 g/mol. The number of hydrogen-bond donors (Lipinski definition) is 6. The Morgan fingerprint density at radius 3 is 1.67 bits per heavy atom. The molecule has 15 heavy (non-hydrogen) atoms. The summed E-state index contributed by atoms with van der Waals surface area (Å²) >= 11 is 0. The molecule has 0 aromatic carbocycles. The quantitative estimate of drug-likeness (QED) is 0.283. The van der Waals surface area contributed by atoms with Gasteiger partial charge in [-0.15, -0.1) is 0 Å². The Morgan fingerprint density at radius 2 is 1.33 bits per heavy atom. The Labute approximate surface area is 86.2 Å². The van der Waals surface area contributed by atoms with Crippen molar-refractivity contribution in [1.29, 1.82) is 0 Å². The van der Waals surface area contributed by atoms with Crippen LogP contribution in [0.2, 0.25) is 0 Å². The molecule has 1 rings (SSSR count). The fourth-order valence-corrected chi connectivity index (χ4v) is 1.74. The number of hydrogen-bond acceptors (Lipinski definition) is 7. The van der Waals surface area contributed by atoms with E-state index in [-0.39, 0.29) is 0 Å². The summed E-state index contributed by atoms with van der Waals surface area (Å²) in [4.78, 5) is 0. The van der Waals surface area contributed by atoms with Crippen molar-refractivity contribution in [2.75, 3.05) is 13.7 Å². The Kier molecular flexibility index (Phi) is 3.67. The van der Waals surface area contributed by atoms with Crippen molar-refractivity contribution in [3.05, 3.63) is 0 Å². The molecule has 6 N–H and O–H groups in total. The van der Waals surface area contributed by atoms with E-state index in [4.69, 9.17) is 0 Å². The van der Waals surface area contributed by atoms with Gasteiger partial charge in [0.15, 0.2) is 0 Å². The lowest BCUT2D eigenvalue weighted by atomic mass is 9.75. The second kappa shape index (κ2) is 4.30. The zero-order chi connectivity index (χ0) is 11.8. The molecule has 0 spiro atoms. The van der Waals surface area contributed by atoms with Crippen molar-refractivity contribution >= 4 is 0 Å². The normalized spacial score (nSPS) is 51.8. The smallest absolute Gasteiger partial charge is 0.145 e. The van der Waals surface area contributed by atoms with Gasteiger partial charge in [-0.25, -0.2) is 0 Å². The van der Waals surface area contributed by atoms with Crippen molar-refractivity contribution < 1.29 is 35.4 Å². The third-order valence-electron chi connectivity index (χ3n) is 2.75. The second-order valence-corrected chi connectivity index (χ2v) is 3.79. The average molecular weight is 224 g/mol. The third-order valence-corrected chi connectivity index (χ3v) is 2.75. The van der Waals surface area contributed by atoms with Gasteiger partial charge in [0.05, 0.1) is 6.61 Å². The molecule has 0 amide bonds. The van der Waals surface area contributed by atoms with Gasteiger partial charge in [-0.3, -0.25) is 0 Å². The van der Waals surface area contributed by atoms with Crippen LogP contribution >= 0.6 is 0 Å². The molecule has 0 radical (unpaired) electrons. The number of aliphatic hydroxyl groups is 6. The van der Waals surface area contributed by atoms with Gasteiger partial charge in [-0.05, 0) is 0 Å². The van der Waals surface area contributed by atoms with E-state index in [0.29, 0.717) is 0 Å². The summed E-state index contributed by atoms with van der Waals surface area (Å²) in [5.74, 6) is 0. The summed E-state index contributed by atoms with van der Waals surface area (Å²) in [5.41, 5.74) is -2.20. The zero-order valence-corrected chi connectivity index (χ0v) is 8.19. The second-order valence-electron chi connectivity index (χ2n) is 3.79. The zero-order valence-electron chi connectivity index (χ0n) is 8.19. The minimum absolute atomic E-state index is 0.476. The molecule has 0 saturated heterocycles. The van der Waals surface area contributed by atoms with E-state index in [9.17, 15) is 30.6 Å². The maximum absolute atomic E-state index is 9.81. The van der Waals surface area contributed by atoms with Gasteiger partial charge in [0.1, 0.15) is 36.1 Å². The Morgan fingerprint density at radius 1 is 0.933 bits per heavy atom. The minimum atomic E-state index is -2.20. The molecule has 1 aliphatic rings. The molecule has 0 aliphatic heterocycles. The van der Waals surface area contributed by atoms with Crippen LogP contribution in [-0.4, -0.2) is 80.5 Å². The van der Waals surface area contributed by atoms with Crippen molar-refractivity contribution in [2.24, 2.45) is 0 Å². The summed E-state index contributed by atoms with van der Waals surface area (Å²) in [5, 5.41) is 56.6. The lowest BCUT2D eigenvalue weighted by molar-refractivity contribution is -0.278. The number of aliphatic hydroxyl groups excluding tert-OH is 5. The van der Waals surface area contributed by atoms with Gasteiger partial charge in [-0.1, -0.05) is 0 Å². The van der Waals surface area contributed by atoms with Gasteiger partial charge in [0.25, 0.3) is 0 Å². The Hall–Kier alpha value is -0.280. The topological polar surface area (TPSA) is 131 Å². The molecular formula is C8H16O7. The van der Waals surface area contributed by atoms with Gasteiger partial charge in [0.2, 0.25) is 0 Å². The average Bonchev–Trinajstić information content (AvgIpc) is 2.22. The van der Waals surface area contributed by atoms with E-state index in [1.165, 1.54) is 7.11 Å². The van der Waals surface area contributed by atoms with Gasteiger partial charge in [0, 0.05) is 7.11 Å². The first-order valence-corrected chi connectivity index (χ1v) is 4.48. The van der Waals surface area contributed by atoms with Crippen molar-refractivity contribution in [1.82, 2.24) is 0 Å². The summed E-state index contributed by atoms with van der Waals surface area (Å²) in [6.07, 6.45) is -8.81. The van der Waals surface area contributed by atoms with Crippen LogP contribution in [0.25, 0.3) is 0 Å². The highest BCUT2D eigenvalue weighted by Crippen LogP contribution is 2.30. The number of ether oxygens (including phenoxy) is 1. The molecule has 0 bridgehead atoms. The molecule has 1 fully saturated rings. The summed E-state index contributed by atoms with van der Waals surface area (Å²) in [6.45, 7) is -0.476. The van der Waals surface area contributed by atoms with E-state index in [1.54, 1.807) is 0 Å². The highest BCUT2D eigenvalue weighted by Gasteiger charge is 2.57. The van der Waals surface area contributed by atoms with E-state index < -0.39 is 42.7 Å². The van der Waals surface area contributed by atoms with Crippen LogP contribution in [0.1, 0.15) is 0 Å². The molecule has 0 aromatic rings. The summed E-state index contributed by atoms with van der Waals surface area (Å²) in [7, 11) is 1.22. The molecule has 7 heteroatoms. The lowest BCUT2D eigenvalue weighted by Gasteiger charge is -2.47. The van der Waals surface area contributed by atoms with Crippen LogP contribution in [0.4, 0.5) is 0 Å². The van der Waals surface area contributed by atoms with Crippen LogP contribution in [0, 0.1) is 0 Å². The molecule has 0 heterocycles. The van der Waals surface area contributed by atoms with E-state index in [1.807, 2.05) is 0 Å². The predicted molar refractivity (Wildman–Crippen MR) is 46.9 cm³/mol. The molecule has 6 atom stereocenters. The SMILES string of the molecule is COCC1(O)[C@H](O)[C@H](O)C(O)[C@H](O)[C@H]1O. The monoisotopic (exact) mass is 224 g/mol. The third kappa shape index (κ3) is 1.87. The maximum atomic E-state index is 9.81. The molecule has 7 nitrogen and oxygen atoms in total. The molecule has 1 saturated carbocycles. The molecule has 2 unspecified atom stereocenters. The first-order valence-electron chi connectivity index (χ1n) is 4.48. The largest absolute Gasteiger partial charge is 0.387 e. The highest BCUT2D eigenvalue weighted by atomic mass is 16.5. The Bertz CT molecular complexity index is 205. The molecule has 0 aromatic heterocycles. The summed E-state index contributed by atoms with van der Waals surface area (Å²) < 4.78 is 4.58. The van der Waals surface area contributed by atoms with Gasteiger partial charge >= 0.3 is 0 Å². The first-order chi connectivity index (χ1) is 6.86. The maximum Gasteiger partial charge on any atom is 0.145 e.